The second-order valence-corrected chi connectivity index (χ2v) is 3.97. The van der Waals surface area contributed by atoms with Crippen LogP contribution in [0.4, 0.5) is 5.82 Å². The van der Waals surface area contributed by atoms with Gasteiger partial charge in [-0.15, -0.1) is 5.10 Å². The highest BCUT2D eigenvalue weighted by molar-refractivity contribution is 5.36. The van der Waals surface area contributed by atoms with Gasteiger partial charge in [-0.2, -0.15) is 5.10 Å². The molecule has 0 spiro atoms. The van der Waals surface area contributed by atoms with Crippen molar-refractivity contribution in [2.45, 2.75) is 46.1 Å². The lowest BCUT2D eigenvalue weighted by atomic mass is 10.1. The van der Waals surface area contributed by atoms with Crippen LogP contribution >= 0.6 is 0 Å². The maximum absolute atomic E-state index is 4.10. The van der Waals surface area contributed by atoms with Crippen molar-refractivity contribution in [3.63, 3.8) is 0 Å². The fraction of sp³-hybridized carbons (Fsp3) is 0.692. The number of aryl methyl sites for hydroxylation is 1. The van der Waals surface area contributed by atoms with Crippen LogP contribution in [0.2, 0.25) is 0 Å². The molecule has 0 amide bonds. The van der Waals surface area contributed by atoms with Crippen molar-refractivity contribution in [3.05, 3.63) is 17.8 Å². The predicted molar refractivity (Wildman–Crippen MR) is 72.3 cm³/mol. The van der Waals surface area contributed by atoms with E-state index < -0.39 is 0 Å². The van der Waals surface area contributed by atoms with Crippen LogP contribution in [0, 0.1) is 0 Å². The lowest BCUT2D eigenvalue weighted by molar-refractivity contribution is 0.478. The van der Waals surface area contributed by atoms with Crippen molar-refractivity contribution in [2.75, 3.05) is 18.4 Å². The fourth-order valence-corrected chi connectivity index (χ4v) is 1.85. The highest BCUT2D eigenvalue weighted by atomic mass is 15.2. The third-order valence-electron chi connectivity index (χ3n) is 2.81. The van der Waals surface area contributed by atoms with E-state index in [4.69, 9.17) is 0 Å². The first-order valence-electron chi connectivity index (χ1n) is 6.67. The van der Waals surface area contributed by atoms with Gasteiger partial charge in [-0.05, 0) is 44.0 Å². The largest absolute Gasteiger partial charge is 0.366 e. The van der Waals surface area contributed by atoms with E-state index in [0.29, 0.717) is 6.04 Å². The molecular formula is C13H24N4. The van der Waals surface area contributed by atoms with Crippen molar-refractivity contribution < 1.29 is 0 Å². The second kappa shape index (κ2) is 8.01. The molecule has 0 unspecified atom stereocenters. The Bertz CT molecular complexity index is 308. The minimum Gasteiger partial charge on any atom is -0.366 e. The summed E-state index contributed by atoms with van der Waals surface area (Å²) in [5, 5.41) is 14.9. The van der Waals surface area contributed by atoms with Gasteiger partial charge in [0.1, 0.15) is 5.82 Å². The van der Waals surface area contributed by atoms with Crippen molar-refractivity contribution in [3.8, 4) is 0 Å². The van der Waals surface area contributed by atoms with Gasteiger partial charge in [0, 0.05) is 6.04 Å². The van der Waals surface area contributed by atoms with E-state index >= 15 is 0 Å². The number of hydrogen-bond donors (Lipinski definition) is 2. The summed E-state index contributed by atoms with van der Waals surface area (Å²) in [6, 6.07) is 2.64. The zero-order valence-electron chi connectivity index (χ0n) is 11.2. The molecule has 4 nitrogen and oxygen atoms in total. The third kappa shape index (κ3) is 4.69. The van der Waals surface area contributed by atoms with Gasteiger partial charge in [0.25, 0.3) is 0 Å². The number of rotatable bonds is 3. The molecule has 0 bridgehead atoms. The highest BCUT2D eigenvalue weighted by Gasteiger charge is 2.12. The van der Waals surface area contributed by atoms with Gasteiger partial charge in [-0.25, -0.2) is 0 Å². The van der Waals surface area contributed by atoms with E-state index in [0.717, 1.165) is 38.2 Å². The van der Waals surface area contributed by atoms with Gasteiger partial charge < -0.3 is 10.6 Å². The molecule has 0 radical (unpaired) electrons. The van der Waals surface area contributed by atoms with Gasteiger partial charge in [0.15, 0.2) is 0 Å². The molecule has 96 valence electrons. The molecule has 0 aliphatic carbocycles. The molecule has 2 heterocycles. The Morgan fingerprint density at radius 3 is 2.71 bits per heavy atom. The van der Waals surface area contributed by atoms with Crippen LogP contribution in [0.15, 0.2) is 12.3 Å². The molecule has 1 aliphatic rings. The van der Waals surface area contributed by atoms with Crippen molar-refractivity contribution in [1.82, 2.24) is 15.5 Å². The molecule has 1 aromatic heterocycles. The van der Waals surface area contributed by atoms with E-state index in [2.05, 4.69) is 33.8 Å². The Labute approximate surface area is 104 Å². The quantitative estimate of drug-likeness (QED) is 0.845. The summed E-state index contributed by atoms with van der Waals surface area (Å²) in [6.45, 7) is 8.32. The first-order valence-corrected chi connectivity index (χ1v) is 6.67. The normalized spacial score (nSPS) is 15.9. The van der Waals surface area contributed by atoms with E-state index in [9.17, 15) is 0 Å². The SMILES string of the molecule is CC.CCc1cnnc(NC2CCNCC2)c1. The first-order chi connectivity index (χ1) is 8.38. The molecule has 2 rings (SSSR count). The molecule has 0 aromatic carbocycles. The molecule has 1 aliphatic heterocycles. The topological polar surface area (TPSA) is 49.8 Å². The molecule has 2 N–H and O–H groups in total. The number of nitrogens with zero attached hydrogens (tertiary/aromatic N) is 2. The molecular weight excluding hydrogens is 212 g/mol. The average Bonchev–Trinajstić information content (AvgIpc) is 2.42. The Hall–Kier alpha value is -1.16. The maximum atomic E-state index is 4.10. The van der Waals surface area contributed by atoms with Crippen LogP contribution < -0.4 is 10.6 Å². The van der Waals surface area contributed by atoms with E-state index in [1.807, 2.05) is 20.0 Å². The predicted octanol–water partition coefficient (Wildman–Crippen LogP) is 2.23. The zero-order chi connectivity index (χ0) is 12.5. The summed E-state index contributed by atoms with van der Waals surface area (Å²) in [4.78, 5) is 0. The monoisotopic (exact) mass is 236 g/mol. The smallest absolute Gasteiger partial charge is 0.149 e. The molecule has 1 saturated heterocycles. The molecule has 0 atom stereocenters. The van der Waals surface area contributed by atoms with Crippen molar-refractivity contribution in [2.24, 2.45) is 0 Å². The molecule has 1 aromatic rings. The summed E-state index contributed by atoms with van der Waals surface area (Å²) in [5.74, 6) is 0.918. The average molecular weight is 236 g/mol. The summed E-state index contributed by atoms with van der Waals surface area (Å²) in [7, 11) is 0. The number of anilines is 1. The van der Waals surface area contributed by atoms with E-state index in [-0.39, 0.29) is 0 Å². The molecule has 0 saturated carbocycles. The molecule has 1 fully saturated rings. The van der Waals surface area contributed by atoms with Gasteiger partial charge >= 0.3 is 0 Å². The fourth-order valence-electron chi connectivity index (χ4n) is 1.85. The van der Waals surface area contributed by atoms with Gasteiger partial charge in [0.2, 0.25) is 0 Å². The van der Waals surface area contributed by atoms with Crippen LogP contribution in [-0.2, 0) is 6.42 Å². The minimum atomic E-state index is 0.549. The van der Waals surface area contributed by atoms with Gasteiger partial charge in [-0.1, -0.05) is 20.8 Å². The number of hydrogen-bond acceptors (Lipinski definition) is 4. The van der Waals surface area contributed by atoms with E-state index in [1.54, 1.807) is 0 Å². The van der Waals surface area contributed by atoms with Gasteiger partial charge in [0.05, 0.1) is 6.20 Å². The number of aromatic nitrogens is 2. The van der Waals surface area contributed by atoms with Crippen molar-refractivity contribution in [1.29, 1.82) is 0 Å². The Morgan fingerprint density at radius 2 is 2.06 bits per heavy atom. The van der Waals surface area contributed by atoms with Crippen LogP contribution in [-0.4, -0.2) is 29.3 Å². The maximum Gasteiger partial charge on any atom is 0.149 e. The third-order valence-corrected chi connectivity index (χ3v) is 2.81. The van der Waals surface area contributed by atoms with Crippen LogP contribution in [0.25, 0.3) is 0 Å². The second-order valence-electron chi connectivity index (χ2n) is 3.97. The lowest BCUT2D eigenvalue weighted by Gasteiger charge is -2.23. The van der Waals surface area contributed by atoms with Crippen molar-refractivity contribution >= 4 is 5.82 Å². The van der Waals surface area contributed by atoms with E-state index in [1.165, 1.54) is 5.56 Å². The summed E-state index contributed by atoms with van der Waals surface area (Å²) < 4.78 is 0. The van der Waals surface area contributed by atoms with Crippen LogP contribution in [0.3, 0.4) is 0 Å². The number of piperidine rings is 1. The van der Waals surface area contributed by atoms with Gasteiger partial charge in [-0.3, -0.25) is 0 Å². The lowest BCUT2D eigenvalue weighted by Crippen LogP contribution is -2.35. The number of nitrogens with one attached hydrogen (secondary N) is 2. The molecule has 4 heteroatoms. The summed E-state index contributed by atoms with van der Waals surface area (Å²) >= 11 is 0. The molecule has 17 heavy (non-hydrogen) atoms. The Kier molecular flexibility index (Phi) is 6.55. The Morgan fingerprint density at radius 1 is 1.35 bits per heavy atom. The highest BCUT2D eigenvalue weighted by Crippen LogP contribution is 2.11. The van der Waals surface area contributed by atoms with Crippen LogP contribution in [0.5, 0.6) is 0 Å². The minimum absolute atomic E-state index is 0.549. The standard InChI is InChI=1S/C11H18N4.C2H6/c1-2-9-7-11(15-13-8-9)14-10-3-5-12-6-4-10;1-2/h7-8,10,12H,2-6H2,1H3,(H,14,15);1-2H3. The zero-order valence-corrected chi connectivity index (χ0v) is 11.2. The Balaban J connectivity index is 0.000000686. The summed E-state index contributed by atoms with van der Waals surface area (Å²) in [6.07, 6.45) is 5.17. The first kappa shape index (κ1) is 13.9. The van der Waals surface area contributed by atoms with Crippen LogP contribution in [0.1, 0.15) is 39.2 Å². The summed E-state index contributed by atoms with van der Waals surface area (Å²) in [5.41, 5.74) is 1.24.